The van der Waals surface area contributed by atoms with Crippen LogP contribution >= 0.6 is 0 Å². The zero-order valence-electron chi connectivity index (χ0n) is 11.3. The van der Waals surface area contributed by atoms with Crippen LogP contribution in [0.15, 0.2) is 58.3 Å². The summed E-state index contributed by atoms with van der Waals surface area (Å²) in [5, 5.41) is 0. The van der Waals surface area contributed by atoms with E-state index in [4.69, 9.17) is 0 Å². The Bertz CT molecular complexity index is 761. The van der Waals surface area contributed by atoms with Crippen molar-refractivity contribution in [1.82, 2.24) is 0 Å². The first-order valence-corrected chi connectivity index (χ1v) is 8.25. The Labute approximate surface area is 172 Å². The second-order valence-corrected chi connectivity index (χ2v) is 6.58. The Hall–Kier alpha value is -0.309. The van der Waals surface area contributed by atoms with Crippen molar-refractivity contribution in [3.8, 4) is 0 Å². The maximum atomic E-state index is 12.2. The molecule has 11 heteroatoms. The van der Waals surface area contributed by atoms with Crippen LogP contribution in [0.25, 0.3) is 0 Å². The van der Waals surface area contributed by atoms with Crippen LogP contribution in [0.3, 0.4) is 0 Å². The first-order valence-electron chi connectivity index (χ1n) is 5.43. The average molecular weight is 488 g/mol. The van der Waals surface area contributed by atoms with Crippen molar-refractivity contribution in [3.63, 3.8) is 0 Å². The zero-order valence-corrected chi connectivity index (χ0v) is 17.4. The van der Waals surface area contributed by atoms with Gasteiger partial charge in [-0.05, 0) is 48.5 Å². The van der Waals surface area contributed by atoms with Gasteiger partial charge in [-0.2, -0.15) is 0 Å². The third-order valence-electron chi connectivity index (χ3n) is 2.20. The first-order chi connectivity index (χ1) is 10.00. The van der Waals surface area contributed by atoms with Crippen LogP contribution < -0.4 is 0 Å². The number of hydrogen-bond acceptors (Lipinski definition) is 6. The second-order valence-electron chi connectivity index (χ2n) is 3.82. The van der Waals surface area contributed by atoms with Gasteiger partial charge in [0.1, 0.15) is 31.9 Å². The molecule has 0 N–H and O–H groups in total. The van der Waals surface area contributed by atoms with E-state index >= 15 is 0 Å². The van der Waals surface area contributed by atoms with Gasteiger partial charge in [0.05, 0.1) is 9.79 Å². The number of hydrogen-bond donors (Lipinski definition) is 0. The minimum atomic E-state index is -4.44. The fourth-order valence-corrected chi connectivity index (χ4v) is 2.14. The molecule has 2 aromatic rings. The number of rotatable bonds is 2. The molecule has 23 heavy (non-hydrogen) atoms. The maximum absolute atomic E-state index is 12.2. The predicted molar refractivity (Wildman–Crippen MR) is 74.5 cm³/mol. The molecule has 0 aliphatic carbocycles. The Morgan fingerprint density at radius 3 is 1.00 bits per heavy atom. The predicted octanol–water partition coefficient (Wildman–Crippen LogP) is 1.08. The van der Waals surface area contributed by atoms with Crippen molar-refractivity contribution in [2.45, 2.75) is 9.79 Å². The molecular weight excluding hydrogens is 480 g/mol. The van der Waals surface area contributed by atoms with E-state index in [1.807, 2.05) is 0 Å². The van der Waals surface area contributed by atoms with E-state index in [-0.39, 0.29) is 48.9 Å². The smallest absolute Gasteiger partial charge is 0.744 e. The van der Waals surface area contributed by atoms with Crippen molar-refractivity contribution >= 4 is 69.1 Å². The maximum Gasteiger partial charge on any atom is 2.00 e. The summed E-state index contributed by atoms with van der Waals surface area (Å²) in [6.07, 6.45) is 0. The zero-order chi connectivity index (χ0) is 17.0. The summed E-state index contributed by atoms with van der Waals surface area (Å²) in [7, 11) is -8.87. The number of halogens is 2. The minimum absolute atomic E-state index is 0. The molecule has 0 aliphatic rings. The van der Waals surface area contributed by atoms with Crippen LogP contribution in [-0.2, 0) is 20.2 Å². The van der Waals surface area contributed by atoms with Crippen molar-refractivity contribution in [1.29, 1.82) is 0 Å². The summed E-state index contributed by atoms with van der Waals surface area (Å²) in [5.41, 5.74) is 0. The molecule has 2 rings (SSSR count). The Kier molecular flexibility index (Phi) is 9.12. The largest absolute Gasteiger partial charge is 2.00 e. The van der Waals surface area contributed by atoms with E-state index in [1.54, 1.807) is 0 Å². The van der Waals surface area contributed by atoms with Crippen LogP contribution in [0.2, 0.25) is 0 Å². The van der Waals surface area contributed by atoms with Crippen molar-refractivity contribution < 1.29 is 34.7 Å². The summed E-state index contributed by atoms with van der Waals surface area (Å²) in [5.74, 6) is -1.14. The Morgan fingerprint density at radius 1 is 0.609 bits per heavy atom. The number of benzene rings is 2. The van der Waals surface area contributed by atoms with E-state index in [0.29, 0.717) is 0 Å². The average Bonchev–Trinajstić information content (AvgIpc) is 2.38. The quantitative estimate of drug-likeness (QED) is 0.463. The SMILES string of the molecule is O=S(=O)([O-])c1ccc(F)cc1.O=S(=O)([O-])c1ccc(F)cc1.[Ba+2]. The molecule has 0 unspecified atom stereocenters. The molecular formula is C12H8BaF2O6S2. The van der Waals surface area contributed by atoms with E-state index in [0.717, 1.165) is 48.5 Å². The topological polar surface area (TPSA) is 114 Å². The van der Waals surface area contributed by atoms with Gasteiger partial charge in [-0.25, -0.2) is 25.6 Å². The molecule has 0 saturated heterocycles. The molecule has 0 amide bonds. The fourth-order valence-electron chi connectivity index (χ4n) is 1.20. The van der Waals surface area contributed by atoms with Crippen LogP contribution in [-0.4, -0.2) is 74.8 Å². The minimum Gasteiger partial charge on any atom is -0.744 e. The summed E-state index contributed by atoms with van der Waals surface area (Å²) in [4.78, 5) is -0.835. The molecule has 0 radical (unpaired) electrons. The van der Waals surface area contributed by atoms with E-state index < -0.39 is 41.7 Å². The normalized spacial score (nSPS) is 11.0. The summed E-state index contributed by atoms with van der Waals surface area (Å²) in [6, 6.07) is 7.40. The van der Waals surface area contributed by atoms with Gasteiger partial charge in [-0.3, -0.25) is 0 Å². The van der Waals surface area contributed by atoms with Gasteiger partial charge >= 0.3 is 48.9 Å². The molecule has 0 atom stereocenters. The van der Waals surface area contributed by atoms with Crippen molar-refractivity contribution in [2.24, 2.45) is 0 Å². The summed E-state index contributed by atoms with van der Waals surface area (Å²) >= 11 is 0. The molecule has 0 fully saturated rings. The van der Waals surface area contributed by atoms with E-state index in [9.17, 15) is 34.7 Å². The fraction of sp³-hybridized carbons (Fsp3) is 0. The Morgan fingerprint density at radius 2 is 0.826 bits per heavy atom. The first kappa shape index (κ1) is 22.7. The third-order valence-corrected chi connectivity index (χ3v) is 3.90. The molecule has 0 spiro atoms. The van der Waals surface area contributed by atoms with Gasteiger partial charge in [0.15, 0.2) is 0 Å². The van der Waals surface area contributed by atoms with Gasteiger partial charge in [0.25, 0.3) is 0 Å². The van der Waals surface area contributed by atoms with Gasteiger partial charge in [-0.1, -0.05) is 0 Å². The second kappa shape index (κ2) is 9.25. The van der Waals surface area contributed by atoms with Crippen molar-refractivity contribution in [3.05, 3.63) is 60.2 Å². The van der Waals surface area contributed by atoms with Crippen molar-refractivity contribution in [2.75, 3.05) is 0 Å². The van der Waals surface area contributed by atoms with Crippen LogP contribution in [0.5, 0.6) is 0 Å². The molecule has 120 valence electrons. The third kappa shape index (κ3) is 8.37. The monoisotopic (exact) mass is 488 g/mol. The van der Waals surface area contributed by atoms with Gasteiger partial charge in [0, 0.05) is 0 Å². The molecule has 2 aromatic carbocycles. The summed E-state index contributed by atoms with van der Waals surface area (Å²) < 4.78 is 86.0. The van der Waals surface area contributed by atoms with Crippen LogP contribution in [0.1, 0.15) is 0 Å². The van der Waals surface area contributed by atoms with E-state index in [1.165, 1.54) is 0 Å². The van der Waals surface area contributed by atoms with Gasteiger partial charge in [-0.15, -0.1) is 0 Å². The molecule has 6 nitrogen and oxygen atoms in total. The molecule has 0 aliphatic heterocycles. The molecule has 0 bridgehead atoms. The van der Waals surface area contributed by atoms with Crippen LogP contribution in [0, 0.1) is 11.6 Å². The van der Waals surface area contributed by atoms with Gasteiger partial charge < -0.3 is 9.11 Å². The molecule has 0 aromatic heterocycles. The van der Waals surface area contributed by atoms with Gasteiger partial charge in [0.2, 0.25) is 0 Å². The standard InChI is InChI=1S/2C6H5FO3S.Ba/c2*7-5-1-3-6(4-2-5)11(8,9)10;/h2*1-4H,(H,8,9,10);/q;;+2/p-2. The Balaban J connectivity index is 0.000000403. The molecule has 0 saturated carbocycles. The summed E-state index contributed by atoms with van der Waals surface area (Å²) in [6.45, 7) is 0. The van der Waals surface area contributed by atoms with E-state index in [2.05, 4.69) is 0 Å². The van der Waals surface area contributed by atoms with Crippen LogP contribution in [0.4, 0.5) is 8.78 Å². The molecule has 0 heterocycles.